The molecule has 6 nitrogen and oxygen atoms in total. The van der Waals surface area contributed by atoms with Crippen LogP contribution in [-0.4, -0.2) is 17.1 Å². The van der Waals surface area contributed by atoms with E-state index in [0.29, 0.717) is 22.3 Å². The van der Waals surface area contributed by atoms with Crippen LogP contribution >= 0.6 is 11.6 Å². The Morgan fingerprint density at radius 2 is 1.79 bits per heavy atom. The van der Waals surface area contributed by atoms with Crippen LogP contribution in [-0.2, 0) is 0 Å². The van der Waals surface area contributed by atoms with E-state index in [1.54, 1.807) is 43.5 Å². The summed E-state index contributed by atoms with van der Waals surface area (Å²) >= 11 is 5.98. The second kappa shape index (κ2) is 7.06. The topological polar surface area (TPSA) is 82.3 Å². The lowest BCUT2D eigenvalue weighted by molar-refractivity contribution is 0.412. The average Bonchev–Trinajstić information content (AvgIpc) is 2.59. The summed E-state index contributed by atoms with van der Waals surface area (Å²) in [5.74, 6) is 2.03. The number of aromatic nitrogens is 2. The molecule has 0 aliphatic heterocycles. The van der Waals surface area contributed by atoms with Crippen LogP contribution in [0.3, 0.4) is 0 Å². The zero-order valence-electron chi connectivity index (χ0n) is 12.9. The van der Waals surface area contributed by atoms with Crippen LogP contribution in [0.4, 0.5) is 17.2 Å². The first-order valence-electron chi connectivity index (χ1n) is 7.10. The Hall–Kier alpha value is -2.99. The molecule has 24 heavy (non-hydrogen) atoms. The maximum absolute atomic E-state index is 6.10. The van der Waals surface area contributed by atoms with Gasteiger partial charge in [0.25, 0.3) is 0 Å². The van der Waals surface area contributed by atoms with Crippen molar-refractivity contribution in [2.45, 2.75) is 0 Å². The molecule has 3 rings (SSSR count). The van der Waals surface area contributed by atoms with Crippen molar-refractivity contribution < 1.29 is 9.47 Å². The molecule has 0 atom stereocenters. The molecule has 3 aromatic rings. The maximum Gasteiger partial charge on any atom is 0.248 e. The number of anilines is 3. The number of hydrogen-bond acceptors (Lipinski definition) is 6. The highest BCUT2D eigenvalue weighted by molar-refractivity contribution is 6.30. The predicted molar refractivity (Wildman–Crippen MR) is 94.2 cm³/mol. The highest BCUT2D eigenvalue weighted by atomic mass is 35.5. The van der Waals surface area contributed by atoms with Crippen LogP contribution < -0.4 is 20.5 Å². The van der Waals surface area contributed by atoms with Crippen molar-refractivity contribution in [1.29, 1.82) is 0 Å². The Morgan fingerprint density at radius 1 is 1.04 bits per heavy atom. The summed E-state index contributed by atoms with van der Waals surface area (Å²) in [6.07, 6.45) is 1.38. The number of nitrogens with zero attached hydrogens (tertiary/aromatic N) is 2. The summed E-state index contributed by atoms with van der Waals surface area (Å²) in [6, 6.07) is 14.4. The third-order valence-electron chi connectivity index (χ3n) is 3.21. The second-order valence-corrected chi connectivity index (χ2v) is 5.29. The number of rotatable bonds is 5. The third kappa shape index (κ3) is 3.67. The smallest absolute Gasteiger partial charge is 0.248 e. The first-order chi connectivity index (χ1) is 11.7. The number of benzene rings is 2. The minimum Gasteiger partial charge on any atom is -0.497 e. The van der Waals surface area contributed by atoms with Gasteiger partial charge in [-0.25, -0.2) is 4.98 Å². The molecule has 0 unspecified atom stereocenters. The Bertz CT molecular complexity index is 840. The van der Waals surface area contributed by atoms with Gasteiger partial charge in [0.2, 0.25) is 5.88 Å². The van der Waals surface area contributed by atoms with Crippen molar-refractivity contribution in [3.63, 3.8) is 0 Å². The average molecular weight is 343 g/mol. The van der Waals surface area contributed by atoms with Crippen molar-refractivity contribution in [3.8, 4) is 17.4 Å². The van der Waals surface area contributed by atoms with E-state index < -0.39 is 0 Å². The largest absolute Gasteiger partial charge is 0.497 e. The lowest BCUT2D eigenvalue weighted by atomic mass is 10.3. The van der Waals surface area contributed by atoms with Gasteiger partial charge in [0.05, 0.1) is 7.11 Å². The second-order valence-electron chi connectivity index (χ2n) is 4.85. The molecule has 0 spiro atoms. The minimum atomic E-state index is 0.264. The number of nitrogens with two attached hydrogens (primary N) is 1. The molecule has 3 N–H and O–H groups in total. The molecule has 0 fully saturated rings. The number of ether oxygens (including phenoxy) is 2. The van der Waals surface area contributed by atoms with Gasteiger partial charge in [-0.3, -0.25) is 0 Å². The lowest BCUT2D eigenvalue weighted by Gasteiger charge is -2.12. The number of nitrogen functional groups attached to an aromatic ring is 1. The summed E-state index contributed by atoms with van der Waals surface area (Å²) in [6.45, 7) is 0. The quantitative estimate of drug-likeness (QED) is 0.721. The van der Waals surface area contributed by atoms with Gasteiger partial charge < -0.3 is 20.5 Å². The molecule has 1 aromatic heterocycles. The van der Waals surface area contributed by atoms with Crippen LogP contribution in [0.25, 0.3) is 0 Å². The number of methoxy groups -OCH3 is 1. The maximum atomic E-state index is 6.10. The molecule has 0 saturated heterocycles. The molecule has 1 heterocycles. The van der Waals surface area contributed by atoms with Crippen LogP contribution in [0, 0.1) is 0 Å². The van der Waals surface area contributed by atoms with Crippen LogP contribution in [0.1, 0.15) is 0 Å². The zero-order chi connectivity index (χ0) is 16.9. The van der Waals surface area contributed by atoms with Crippen LogP contribution in [0.2, 0.25) is 5.02 Å². The highest BCUT2D eigenvalue weighted by Gasteiger charge is 2.11. The van der Waals surface area contributed by atoms with Crippen molar-refractivity contribution in [1.82, 2.24) is 9.97 Å². The molecule has 0 saturated carbocycles. The predicted octanol–water partition coefficient (Wildman–Crippen LogP) is 4.26. The van der Waals surface area contributed by atoms with Gasteiger partial charge in [-0.15, -0.1) is 0 Å². The molecular formula is C17H15ClN4O2. The molecule has 0 aliphatic rings. The van der Waals surface area contributed by atoms with Crippen molar-refractivity contribution >= 4 is 28.8 Å². The first kappa shape index (κ1) is 15.9. The Kier molecular flexibility index (Phi) is 4.67. The van der Waals surface area contributed by atoms with Gasteiger partial charge in [0, 0.05) is 10.7 Å². The van der Waals surface area contributed by atoms with E-state index in [9.17, 15) is 0 Å². The van der Waals surface area contributed by atoms with E-state index >= 15 is 0 Å². The molecule has 7 heteroatoms. The van der Waals surface area contributed by atoms with Gasteiger partial charge in [0.15, 0.2) is 5.82 Å². The number of nitrogens with one attached hydrogen (secondary N) is 1. The van der Waals surface area contributed by atoms with Crippen molar-refractivity contribution in [2.24, 2.45) is 0 Å². The molecular weight excluding hydrogens is 328 g/mol. The minimum absolute atomic E-state index is 0.264. The standard InChI is InChI=1S/C17H15ClN4O2/c1-23-13-5-7-14(8-6-13)24-17-15(19)16(20-10-21-17)22-12-4-2-3-11(18)9-12/h2-10H,19H2,1H3,(H,20,21,22). The van der Waals surface area contributed by atoms with Gasteiger partial charge in [-0.1, -0.05) is 17.7 Å². The molecule has 0 aliphatic carbocycles. The fourth-order valence-electron chi connectivity index (χ4n) is 2.02. The van der Waals surface area contributed by atoms with Crippen molar-refractivity contribution in [3.05, 3.63) is 59.9 Å². The zero-order valence-corrected chi connectivity index (χ0v) is 13.6. The summed E-state index contributed by atoms with van der Waals surface area (Å²) in [7, 11) is 1.60. The summed E-state index contributed by atoms with van der Waals surface area (Å²) < 4.78 is 10.8. The third-order valence-corrected chi connectivity index (χ3v) is 3.44. The fraction of sp³-hybridized carbons (Fsp3) is 0.0588. The Labute approximate surface area is 144 Å². The highest BCUT2D eigenvalue weighted by Crippen LogP contribution is 2.31. The molecule has 0 bridgehead atoms. The molecule has 0 radical (unpaired) electrons. The van der Waals surface area contributed by atoms with E-state index in [1.165, 1.54) is 6.33 Å². The summed E-state index contributed by atoms with van der Waals surface area (Å²) in [5, 5.41) is 3.71. The first-order valence-corrected chi connectivity index (χ1v) is 7.48. The fourth-order valence-corrected chi connectivity index (χ4v) is 2.21. The SMILES string of the molecule is COc1ccc(Oc2ncnc(Nc3cccc(Cl)c3)c2N)cc1. The van der Waals surface area contributed by atoms with Gasteiger partial charge in [0.1, 0.15) is 23.5 Å². The van der Waals surface area contributed by atoms with E-state index in [0.717, 1.165) is 11.4 Å². The molecule has 122 valence electrons. The van der Waals surface area contributed by atoms with Gasteiger partial charge in [-0.2, -0.15) is 4.98 Å². The van der Waals surface area contributed by atoms with E-state index in [4.69, 9.17) is 26.8 Å². The molecule has 0 amide bonds. The number of hydrogen-bond donors (Lipinski definition) is 2. The normalized spacial score (nSPS) is 10.2. The monoisotopic (exact) mass is 342 g/mol. The molecule has 2 aromatic carbocycles. The summed E-state index contributed by atoms with van der Waals surface area (Å²) in [5.41, 5.74) is 7.17. The van der Waals surface area contributed by atoms with E-state index in [2.05, 4.69) is 15.3 Å². The van der Waals surface area contributed by atoms with E-state index in [-0.39, 0.29) is 5.88 Å². The van der Waals surface area contributed by atoms with Crippen molar-refractivity contribution in [2.75, 3.05) is 18.2 Å². The van der Waals surface area contributed by atoms with Crippen LogP contribution in [0.5, 0.6) is 17.4 Å². The van der Waals surface area contributed by atoms with Crippen LogP contribution in [0.15, 0.2) is 54.9 Å². The Morgan fingerprint density at radius 3 is 2.50 bits per heavy atom. The number of halogens is 1. The summed E-state index contributed by atoms with van der Waals surface area (Å²) in [4.78, 5) is 8.22. The van der Waals surface area contributed by atoms with Gasteiger partial charge in [-0.05, 0) is 42.5 Å². The lowest BCUT2D eigenvalue weighted by Crippen LogP contribution is -2.03. The van der Waals surface area contributed by atoms with Gasteiger partial charge >= 0.3 is 0 Å². The van der Waals surface area contributed by atoms with E-state index in [1.807, 2.05) is 12.1 Å². The Balaban J connectivity index is 1.82.